The Hall–Kier alpha value is -1.69. The zero-order chi connectivity index (χ0) is 13.5. The summed E-state index contributed by atoms with van der Waals surface area (Å²) in [6, 6.07) is 3.46. The minimum absolute atomic E-state index is 0.104. The number of rotatable bonds is 6. The maximum atomic E-state index is 12.0. The van der Waals surface area contributed by atoms with E-state index < -0.39 is 0 Å². The van der Waals surface area contributed by atoms with E-state index in [4.69, 9.17) is 0 Å². The van der Waals surface area contributed by atoms with E-state index in [0.717, 1.165) is 13.1 Å². The molecule has 1 N–H and O–H groups in total. The molecule has 0 saturated carbocycles. The van der Waals surface area contributed by atoms with Gasteiger partial charge in [0, 0.05) is 26.7 Å². The highest BCUT2D eigenvalue weighted by atomic mass is 16.2. The summed E-state index contributed by atoms with van der Waals surface area (Å²) in [6.07, 6.45) is 0. The molecule has 0 unspecified atom stereocenters. The molecule has 100 valence electrons. The lowest BCUT2D eigenvalue weighted by Gasteiger charge is -2.19. The molecule has 0 aliphatic heterocycles. The highest BCUT2D eigenvalue weighted by molar-refractivity contribution is 5.92. The zero-order valence-electron chi connectivity index (χ0n) is 11.5. The molecule has 0 spiro atoms. The molecule has 0 aliphatic rings. The second kappa shape index (κ2) is 6.90. The van der Waals surface area contributed by atoms with E-state index in [1.165, 1.54) is 0 Å². The van der Waals surface area contributed by atoms with E-state index in [2.05, 4.69) is 15.5 Å². The van der Waals surface area contributed by atoms with Crippen LogP contribution < -0.4 is 5.32 Å². The standard InChI is InChI=1S/C12H21N5O/c1-5-13-11-7-6-10(14-15-11)12(18)17(4)9-8-16(2)3/h6-7H,5,8-9H2,1-4H3,(H,13,15). The van der Waals surface area contributed by atoms with E-state index >= 15 is 0 Å². The largest absolute Gasteiger partial charge is 0.369 e. The molecule has 0 aromatic carbocycles. The summed E-state index contributed by atoms with van der Waals surface area (Å²) in [5, 5.41) is 10.9. The Kier molecular flexibility index (Phi) is 5.51. The van der Waals surface area contributed by atoms with Crippen molar-refractivity contribution in [2.75, 3.05) is 46.1 Å². The average molecular weight is 251 g/mol. The molecule has 6 heteroatoms. The second-order valence-corrected chi connectivity index (χ2v) is 4.36. The van der Waals surface area contributed by atoms with Gasteiger partial charge in [-0.15, -0.1) is 10.2 Å². The molecule has 1 aromatic heterocycles. The van der Waals surface area contributed by atoms with Gasteiger partial charge in [-0.1, -0.05) is 0 Å². The third-order valence-corrected chi connectivity index (χ3v) is 2.47. The van der Waals surface area contributed by atoms with Crippen LogP contribution in [0.25, 0.3) is 0 Å². The van der Waals surface area contributed by atoms with Crippen LogP contribution in [0, 0.1) is 0 Å². The van der Waals surface area contributed by atoms with E-state index in [0.29, 0.717) is 18.1 Å². The topological polar surface area (TPSA) is 61.4 Å². The third kappa shape index (κ3) is 4.29. The lowest BCUT2D eigenvalue weighted by Crippen LogP contribution is -2.34. The van der Waals surface area contributed by atoms with Crippen molar-refractivity contribution in [3.05, 3.63) is 17.8 Å². The molecule has 0 saturated heterocycles. The summed E-state index contributed by atoms with van der Waals surface area (Å²) >= 11 is 0. The van der Waals surface area contributed by atoms with Crippen LogP contribution in [0.1, 0.15) is 17.4 Å². The molecule has 0 atom stereocenters. The SMILES string of the molecule is CCNc1ccc(C(=O)N(C)CCN(C)C)nn1. The van der Waals surface area contributed by atoms with Crippen molar-refractivity contribution in [3.8, 4) is 0 Å². The molecular weight excluding hydrogens is 230 g/mol. The summed E-state index contributed by atoms with van der Waals surface area (Å²) in [5.41, 5.74) is 0.373. The quantitative estimate of drug-likeness (QED) is 0.799. The van der Waals surface area contributed by atoms with Crippen molar-refractivity contribution in [2.24, 2.45) is 0 Å². The van der Waals surface area contributed by atoms with Gasteiger partial charge in [0.15, 0.2) is 5.69 Å². The first-order valence-electron chi connectivity index (χ1n) is 6.02. The maximum Gasteiger partial charge on any atom is 0.274 e. The van der Waals surface area contributed by atoms with Gasteiger partial charge in [0.1, 0.15) is 5.82 Å². The van der Waals surface area contributed by atoms with Gasteiger partial charge in [0.05, 0.1) is 0 Å². The number of likely N-dealkylation sites (N-methyl/N-ethyl adjacent to an activating group) is 2. The Morgan fingerprint density at radius 3 is 2.44 bits per heavy atom. The van der Waals surface area contributed by atoms with Gasteiger partial charge < -0.3 is 15.1 Å². The number of hydrogen-bond donors (Lipinski definition) is 1. The van der Waals surface area contributed by atoms with Crippen molar-refractivity contribution in [1.29, 1.82) is 0 Å². The molecule has 0 fully saturated rings. The lowest BCUT2D eigenvalue weighted by molar-refractivity contribution is 0.0779. The molecule has 0 radical (unpaired) electrons. The molecule has 1 aromatic rings. The monoisotopic (exact) mass is 251 g/mol. The van der Waals surface area contributed by atoms with E-state index in [1.807, 2.05) is 25.9 Å². The molecule has 18 heavy (non-hydrogen) atoms. The van der Waals surface area contributed by atoms with Gasteiger partial charge in [0.2, 0.25) is 0 Å². The molecular formula is C12H21N5O. The maximum absolute atomic E-state index is 12.0. The number of aromatic nitrogens is 2. The number of amides is 1. The Morgan fingerprint density at radius 1 is 1.22 bits per heavy atom. The van der Waals surface area contributed by atoms with Crippen LogP contribution in [0.2, 0.25) is 0 Å². The zero-order valence-corrected chi connectivity index (χ0v) is 11.5. The number of anilines is 1. The van der Waals surface area contributed by atoms with Crippen LogP contribution in [-0.2, 0) is 0 Å². The first-order valence-corrected chi connectivity index (χ1v) is 6.02. The fourth-order valence-electron chi connectivity index (χ4n) is 1.37. The molecule has 1 rings (SSSR count). The van der Waals surface area contributed by atoms with Crippen LogP contribution in [0.3, 0.4) is 0 Å². The minimum Gasteiger partial charge on any atom is -0.369 e. The van der Waals surface area contributed by atoms with Gasteiger partial charge in [-0.3, -0.25) is 4.79 Å². The summed E-state index contributed by atoms with van der Waals surface area (Å²) in [6.45, 7) is 4.26. The van der Waals surface area contributed by atoms with Crippen molar-refractivity contribution in [2.45, 2.75) is 6.92 Å². The van der Waals surface area contributed by atoms with Crippen LogP contribution in [0.5, 0.6) is 0 Å². The fourth-order valence-corrected chi connectivity index (χ4v) is 1.37. The van der Waals surface area contributed by atoms with Crippen molar-refractivity contribution in [3.63, 3.8) is 0 Å². The van der Waals surface area contributed by atoms with Gasteiger partial charge in [-0.2, -0.15) is 0 Å². The van der Waals surface area contributed by atoms with Crippen molar-refractivity contribution in [1.82, 2.24) is 20.0 Å². The summed E-state index contributed by atoms with van der Waals surface area (Å²) in [5.74, 6) is 0.581. The lowest BCUT2D eigenvalue weighted by atomic mass is 10.3. The predicted molar refractivity (Wildman–Crippen MR) is 71.7 cm³/mol. The van der Waals surface area contributed by atoms with Gasteiger partial charge in [-0.05, 0) is 33.2 Å². The third-order valence-electron chi connectivity index (χ3n) is 2.47. The molecule has 1 heterocycles. The van der Waals surface area contributed by atoms with Gasteiger partial charge in [0.25, 0.3) is 5.91 Å². The summed E-state index contributed by atoms with van der Waals surface area (Å²) in [7, 11) is 5.72. The Bertz CT molecular complexity index is 377. The van der Waals surface area contributed by atoms with Crippen LogP contribution in [-0.4, -0.2) is 66.7 Å². The molecule has 0 aliphatic carbocycles. The summed E-state index contributed by atoms with van der Waals surface area (Å²) in [4.78, 5) is 15.7. The van der Waals surface area contributed by atoms with E-state index in [9.17, 15) is 4.79 Å². The van der Waals surface area contributed by atoms with Crippen LogP contribution in [0.15, 0.2) is 12.1 Å². The molecule has 6 nitrogen and oxygen atoms in total. The Labute approximate surface area is 108 Å². The first-order chi connectivity index (χ1) is 8.54. The number of nitrogens with zero attached hydrogens (tertiary/aromatic N) is 4. The first kappa shape index (κ1) is 14.4. The number of carbonyl (C=O) groups is 1. The predicted octanol–water partition coefficient (Wildman–Crippen LogP) is 0.542. The smallest absolute Gasteiger partial charge is 0.274 e. The van der Waals surface area contributed by atoms with Gasteiger partial charge in [-0.25, -0.2) is 0 Å². The Morgan fingerprint density at radius 2 is 1.94 bits per heavy atom. The van der Waals surface area contributed by atoms with Gasteiger partial charge >= 0.3 is 0 Å². The fraction of sp³-hybridized carbons (Fsp3) is 0.583. The number of carbonyl (C=O) groups excluding carboxylic acids is 1. The number of nitrogens with one attached hydrogen (secondary N) is 1. The summed E-state index contributed by atoms with van der Waals surface area (Å²) < 4.78 is 0. The van der Waals surface area contributed by atoms with E-state index in [1.54, 1.807) is 24.1 Å². The minimum atomic E-state index is -0.104. The highest BCUT2D eigenvalue weighted by Crippen LogP contribution is 2.04. The highest BCUT2D eigenvalue weighted by Gasteiger charge is 2.13. The van der Waals surface area contributed by atoms with E-state index in [-0.39, 0.29) is 5.91 Å². The van der Waals surface area contributed by atoms with Crippen molar-refractivity contribution >= 4 is 11.7 Å². The van der Waals surface area contributed by atoms with Crippen LogP contribution in [0.4, 0.5) is 5.82 Å². The Balaban J connectivity index is 2.60. The second-order valence-electron chi connectivity index (χ2n) is 4.36. The average Bonchev–Trinajstić information content (AvgIpc) is 2.36. The number of hydrogen-bond acceptors (Lipinski definition) is 5. The van der Waals surface area contributed by atoms with Crippen LogP contribution >= 0.6 is 0 Å². The molecule has 1 amide bonds. The molecule has 0 bridgehead atoms. The van der Waals surface area contributed by atoms with Crippen molar-refractivity contribution < 1.29 is 4.79 Å². The normalized spacial score (nSPS) is 10.5.